The number of amides is 1. The van der Waals surface area contributed by atoms with Crippen LogP contribution in [0.4, 0.5) is 0 Å². The summed E-state index contributed by atoms with van der Waals surface area (Å²) in [5, 5.41) is 2.79. The minimum Gasteiger partial charge on any atom is -0.354 e. The van der Waals surface area contributed by atoms with Gasteiger partial charge in [0, 0.05) is 18.9 Å². The minimum absolute atomic E-state index is 0.0550. The van der Waals surface area contributed by atoms with E-state index in [2.05, 4.69) is 10.3 Å². The Kier molecular flexibility index (Phi) is 2.80. The van der Waals surface area contributed by atoms with Crippen LogP contribution < -0.4 is 11.0 Å². The number of carbonyl (C=O) groups excluding carboxylic acids is 1. The van der Waals surface area contributed by atoms with Crippen molar-refractivity contribution in [1.29, 1.82) is 0 Å². The third kappa shape index (κ3) is 2.90. The van der Waals surface area contributed by atoms with Crippen LogP contribution in [0, 0.1) is 5.92 Å². The second kappa shape index (κ2) is 4.25. The van der Waals surface area contributed by atoms with Crippen molar-refractivity contribution in [3.8, 4) is 0 Å². The van der Waals surface area contributed by atoms with Gasteiger partial charge in [0.05, 0.1) is 0 Å². The molecule has 15 heavy (non-hydrogen) atoms. The number of carbonyl (C=O) groups is 1. The van der Waals surface area contributed by atoms with E-state index in [1.54, 1.807) is 12.3 Å². The van der Waals surface area contributed by atoms with Gasteiger partial charge in [0.2, 0.25) is 5.91 Å². The van der Waals surface area contributed by atoms with E-state index in [-0.39, 0.29) is 18.1 Å². The molecule has 0 saturated heterocycles. The number of hydrogen-bond acceptors (Lipinski definition) is 3. The Morgan fingerprint density at radius 1 is 1.60 bits per heavy atom. The Morgan fingerprint density at radius 2 is 2.40 bits per heavy atom. The van der Waals surface area contributed by atoms with Crippen LogP contribution in [0.3, 0.4) is 0 Å². The first-order chi connectivity index (χ1) is 7.25. The highest BCUT2D eigenvalue weighted by molar-refractivity contribution is 5.75. The van der Waals surface area contributed by atoms with Crippen molar-refractivity contribution in [2.75, 3.05) is 6.54 Å². The molecule has 0 atom stereocenters. The molecule has 1 heterocycles. The molecule has 0 unspecified atom stereocenters. The maximum atomic E-state index is 11.4. The molecule has 80 valence electrons. The predicted octanol–water partition coefficient (Wildman–Crippen LogP) is -0.231. The average molecular weight is 207 g/mol. The van der Waals surface area contributed by atoms with Gasteiger partial charge in [0.25, 0.3) is 0 Å². The van der Waals surface area contributed by atoms with E-state index < -0.39 is 0 Å². The summed E-state index contributed by atoms with van der Waals surface area (Å²) in [6.45, 7) is 0.785. The summed E-state index contributed by atoms with van der Waals surface area (Å²) < 4.78 is 1.29. The highest BCUT2D eigenvalue weighted by atomic mass is 16.2. The summed E-state index contributed by atoms with van der Waals surface area (Å²) in [4.78, 5) is 26.1. The van der Waals surface area contributed by atoms with Crippen LogP contribution in [-0.2, 0) is 11.3 Å². The van der Waals surface area contributed by atoms with Crippen LogP contribution in [0.1, 0.15) is 12.8 Å². The lowest BCUT2D eigenvalue weighted by Crippen LogP contribution is -2.33. The van der Waals surface area contributed by atoms with Gasteiger partial charge in [-0.05, 0) is 24.8 Å². The normalized spacial score (nSPS) is 14.9. The fourth-order valence-corrected chi connectivity index (χ4v) is 1.30. The first-order valence-electron chi connectivity index (χ1n) is 5.04. The molecule has 2 rings (SSSR count). The number of hydrogen-bond donors (Lipinski definition) is 1. The molecule has 0 aromatic carbocycles. The third-order valence-electron chi connectivity index (χ3n) is 2.38. The molecule has 0 radical (unpaired) electrons. The Bertz CT molecular complexity index is 409. The molecule has 1 saturated carbocycles. The summed E-state index contributed by atoms with van der Waals surface area (Å²) >= 11 is 0. The summed E-state index contributed by atoms with van der Waals surface area (Å²) in [5.74, 6) is 0.525. The van der Waals surface area contributed by atoms with Gasteiger partial charge in [-0.15, -0.1) is 0 Å². The van der Waals surface area contributed by atoms with Gasteiger partial charge in [-0.3, -0.25) is 9.36 Å². The maximum Gasteiger partial charge on any atom is 0.347 e. The molecule has 1 fully saturated rings. The predicted molar refractivity (Wildman–Crippen MR) is 54.2 cm³/mol. The second-order valence-corrected chi connectivity index (χ2v) is 3.78. The fraction of sp³-hybridized carbons (Fsp3) is 0.500. The van der Waals surface area contributed by atoms with E-state index in [1.165, 1.54) is 23.6 Å². The maximum absolute atomic E-state index is 11.4. The van der Waals surface area contributed by atoms with Crippen molar-refractivity contribution >= 4 is 5.91 Å². The summed E-state index contributed by atoms with van der Waals surface area (Å²) in [6.07, 6.45) is 5.38. The van der Waals surface area contributed by atoms with Gasteiger partial charge >= 0.3 is 5.69 Å². The quantitative estimate of drug-likeness (QED) is 0.741. The smallest absolute Gasteiger partial charge is 0.347 e. The van der Waals surface area contributed by atoms with Crippen molar-refractivity contribution in [1.82, 2.24) is 14.9 Å². The molecule has 1 N–H and O–H groups in total. The monoisotopic (exact) mass is 207 g/mol. The van der Waals surface area contributed by atoms with E-state index in [0.29, 0.717) is 5.92 Å². The summed E-state index contributed by atoms with van der Waals surface area (Å²) in [5.41, 5.74) is -0.390. The summed E-state index contributed by atoms with van der Waals surface area (Å²) in [7, 11) is 0. The average Bonchev–Trinajstić information content (AvgIpc) is 3.02. The molecular formula is C10H13N3O2. The van der Waals surface area contributed by atoms with Crippen LogP contribution in [0.15, 0.2) is 23.3 Å². The van der Waals surface area contributed by atoms with Gasteiger partial charge in [-0.2, -0.15) is 0 Å². The molecule has 0 aliphatic heterocycles. The Balaban J connectivity index is 1.87. The lowest BCUT2D eigenvalue weighted by Gasteiger charge is -2.05. The van der Waals surface area contributed by atoms with Gasteiger partial charge in [-0.1, -0.05) is 0 Å². The standard InChI is InChI=1S/C10H13N3O2/c14-9(12-6-8-2-3-8)7-13-5-1-4-11-10(13)15/h1,4-5,8H,2-3,6-7H2,(H,12,14). The molecular weight excluding hydrogens is 194 g/mol. The molecule has 0 bridgehead atoms. The highest BCUT2D eigenvalue weighted by Crippen LogP contribution is 2.27. The van der Waals surface area contributed by atoms with Gasteiger partial charge in [0.15, 0.2) is 0 Å². The molecule has 1 amide bonds. The molecule has 5 heteroatoms. The SMILES string of the molecule is O=C(Cn1cccnc1=O)NCC1CC1. The van der Waals surface area contributed by atoms with E-state index in [1.807, 2.05) is 0 Å². The second-order valence-electron chi connectivity index (χ2n) is 3.78. The number of aromatic nitrogens is 2. The largest absolute Gasteiger partial charge is 0.354 e. The Hall–Kier alpha value is -1.65. The zero-order valence-corrected chi connectivity index (χ0v) is 8.35. The van der Waals surface area contributed by atoms with Crippen molar-refractivity contribution in [3.63, 3.8) is 0 Å². The first-order valence-corrected chi connectivity index (χ1v) is 5.04. The Labute approximate surface area is 87.1 Å². The van der Waals surface area contributed by atoms with E-state index >= 15 is 0 Å². The molecule has 1 aliphatic carbocycles. The molecule has 5 nitrogen and oxygen atoms in total. The minimum atomic E-state index is -0.390. The van der Waals surface area contributed by atoms with Crippen LogP contribution in [0.2, 0.25) is 0 Å². The van der Waals surface area contributed by atoms with Crippen molar-refractivity contribution in [3.05, 3.63) is 28.9 Å². The van der Waals surface area contributed by atoms with E-state index in [0.717, 1.165) is 6.54 Å². The van der Waals surface area contributed by atoms with Crippen LogP contribution in [-0.4, -0.2) is 22.0 Å². The van der Waals surface area contributed by atoms with Crippen LogP contribution in [0.5, 0.6) is 0 Å². The van der Waals surface area contributed by atoms with Crippen molar-refractivity contribution in [2.45, 2.75) is 19.4 Å². The number of rotatable bonds is 4. The lowest BCUT2D eigenvalue weighted by molar-refractivity contribution is -0.121. The van der Waals surface area contributed by atoms with E-state index in [9.17, 15) is 9.59 Å². The zero-order chi connectivity index (χ0) is 10.7. The van der Waals surface area contributed by atoms with Crippen LogP contribution >= 0.6 is 0 Å². The van der Waals surface area contributed by atoms with Crippen molar-refractivity contribution < 1.29 is 4.79 Å². The third-order valence-corrected chi connectivity index (χ3v) is 2.38. The number of nitrogens with one attached hydrogen (secondary N) is 1. The topological polar surface area (TPSA) is 64.0 Å². The van der Waals surface area contributed by atoms with Crippen molar-refractivity contribution in [2.24, 2.45) is 5.92 Å². The van der Waals surface area contributed by atoms with Crippen LogP contribution in [0.25, 0.3) is 0 Å². The zero-order valence-electron chi connectivity index (χ0n) is 8.35. The lowest BCUT2D eigenvalue weighted by atomic mass is 10.4. The van der Waals surface area contributed by atoms with Gasteiger partial charge < -0.3 is 5.32 Å². The first kappa shape index (κ1) is 9.89. The summed E-state index contributed by atoms with van der Waals surface area (Å²) in [6, 6.07) is 1.63. The molecule has 1 aromatic rings. The fourth-order valence-electron chi connectivity index (χ4n) is 1.30. The molecule has 1 aliphatic rings. The Morgan fingerprint density at radius 3 is 3.07 bits per heavy atom. The van der Waals surface area contributed by atoms with Gasteiger partial charge in [-0.25, -0.2) is 9.78 Å². The van der Waals surface area contributed by atoms with E-state index in [4.69, 9.17) is 0 Å². The highest BCUT2D eigenvalue weighted by Gasteiger charge is 2.21. The molecule has 0 spiro atoms. The number of nitrogens with zero attached hydrogens (tertiary/aromatic N) is 2. The van der Waals surface area contributed by atoms with Gasteiger partial charge in [0.1, 0.15) is 6.54 Å². The molecule has 1 aromatic heterocycles.